The van der Waals surface area contributed by atoms with E-state index in [0.29, 0.717) is 6.07 Å². The lowest BCUT2D eigenvalue weighted by Gasteiger charge is -2.24. The van der Waals surface area contributed by atoms with Gasteiger partial charge in [0.05, 0.1) is 16.3 Å². The zero-order valence-electron chi connectivity index (χ0n) is 14.8. The van der Waals surface area contributed by atoms with Crippen molar-refractivity contribution >= 4 is 27.3 Å². The zero-order chi connectivity index (χ0) is 21.0. The lowest BCUT2D eigenvalue weighted by Crippen LogP contribution is -2.38. The monoisotopic (exact) mass is 420 g/mol. The molecule has 0 heterocycles. The minimum atomic E-state index is -4.17. The van der Waals surface area contributed by atoms with Crippen LogP contribution in [0.5, 0.6) is 0 Å². The van der Waals surface area contributed by atoms with Crippen LogP contribution in [0.3, 0.4) is 0 Å². The summed E-state index contributed by atoms with van der Waals surface area (Å²) in [5, 5.41) is 2.21. The molecule has 5 nitrogen and oxygen atoms in total. The highest BCUT2D eigenvalue weighted by atomic mass is 32.2. The molecule has 0 unspecified atom stereocenters. The van der Waals surface area contributed by atoms with E-state index in [4.69, 9.17) is 0 Å². The van der Waals surface area contributed by atoms with Crippen LogP contribution in [-0.4, -0.2) is 20.9 Å². The van der Waals surface area contributed by atoms with Gasteiger partial charge < -0.3 is 5.32 Å². The molecular formula is C20H15F3N2O3S. The first kappa shape index (κ1) is 20.4. The molecule has 9 heteroatoms. The summed E-state index contributed by atoms with van der Waals surface area (Å²) in [5.74, 6) is -3.26. The van der Waals surface area contributed by atoms with Gasteiger partial charge in [0.15, 0.2) is 0 Å². The smallest absolute Gasteiger partial charge is 0.264 e. The van der Waals surface area contributed by atoms with E-state index in [1.165, 1.54) is 36.4 Å². The van der Waals surface area contributed by atoms with Crippen LogP contribution < -0.4 is 9.62 Å². The number of benzene rings is 3. The SMILES string of the molecule is O=C(CN(c1ccc(F)cc1)S(=O)(=O)c1ccccc1)Nc1ccc(F)cc1F. The molecule has 0 radical (unpaired) electrons. The maximum absolute atomic E-state index is 13.8. The summed E-state index contributed by atoms with van der Waals surface area (Å²) in [5.41, 5.74) is -0.252. The number of sulfonamides is 1. The molecule has 0 aliphatic heterocycles. The lowest BCUT2D eigenvalue weighted by atomic mass is 10.3. The van der Waals surface area contributed by atoms with E-state index in [1.807, 2.05) is 0 Å². The average molecular weight is 420 g/mol. The van der Waals surface area contributed by atoms with E-state index in [0.717, 1.165) is 28.6 Å². The fourth-order valence-corrected chi connectivity index (χ4v) is 4.00. The third kappa shape index (κ3) is 4.75. The number of nitrogens with zero attached hydrogens (tertiary/aromatic N) is 1. The van der Waals surface area contributed by atoms with E-state index in [2.05, 4.69) is 5.32 Å². The van der Waals surface area contributed by atoms with E-state index < -0.39 is 39.9 Å². The molecule has 0 aliphatic rings. The summed E-state index contributed by atoms with van der Waals surface area (Å²) >= 11 is 0. The van der Waals surface area contributed by atoms with Crippen LogP contribution in [0.1, 0.15) is 0 Å². The number of anilines is 2. The first-order valence-corrected chi connectivity index (χ1v) is 9.79. The van der Waals surface area contributed by atoms with Crippen LogP contribution in [0, 0.1) is 17.5 Å². The number of hydrogen-bond acceptors (Lipinski definition) is 3. The summed E-state index contributed by atoms with van der Waals surface area (Å²) in [6.45, 7) is -0.709. The maximum atomic E-state index is 13.8. The average Bonchev–Trinajstić information content (AvgIpc) is 2.70. The van der Waals surface area contributed by atoms with Crippen molar-refractivity contribution in [1.29, 1.82) is 0 Å². The Labute approximate surface area is 165 Å². The molecule has 0 saturated carbocycles. The van der Waals surface area contributed by atoms with E-state index in [9.17, 15) is 26.4 Å². The summed E-state index contributed by atoms with van der Waals surface area (Å²) in [6, 6.07) is 14.5. The predicted octanol–water partition coefficient (Wildman–Crippen LogP) is 3.94. The standard InChI is InChI=1S/C20H15F3N2O3S/c21-14-6-9-16(10-7-14)25(29(27,28)17-4-2-1-3-5-17)13-20(26)24-19-11-8-15(22)12-18(19)23/h1-12H,13H2,(H,24,26). The Kier molecular flexibility index (Phi) is 5.88. The highest BCUT2D eigenvalue weighted by Crippen LogP contribution is 2.24. The van der Waals surface area contributed by atoms with Crippen molar-refractivity contribution in [3.8, 4) is 0 Å². The van der Waals surface area contributed by atoms with Crippen molar-refractivity contribution in [2.45, 2.75) is 4.90 Å². The first-order valence-electron chi connectivity index (χ1n) is 8.35. The number of amides is 1. The van der Waals surface area contributed by atoms with Crippen molar-refractivity contribution in [2.24, 2.45) is 0 Å². The van der Waals surface area contributed by atoms with Gasteiger partial charge in [0, 0.05) is 6.07 Å². The second kappa shape index (κ2) is 8.36. The fraction of sp³-hybridized carbons (Fsp3) is 0.0500. The van der Waals surface area contributed by atoms with Crippen molar-refractivity contribution in [1.82, 2.24) is 0 Å². The molecule has 1 N–H and O–H groups in total. The van der Waals surface area contributed by atoms with Gasteiger partial charge in [-0.2, -0.15) is 0 Å². The summed E-state index contributed by atoms with van der Waals surface area (Å²) in [6.07, 6.45) is 0. The van der Waals surface area contributed by atoms with Gasteiger partial charge in [-0.05, 0) is 48.5 Å². The Hall–Kier alpha value is -3.33. The summed E-state index contributed by atoms with van der Waals surface area (Å²) in [4.78, 5) is 12.3. The van der Waals surface area contributed by atoms with Gasteiger partial charge in [-0.3, -0.25) is 9.10 Å². The van der Waals surface area contributed by atoms with Crippen LogP contribution in [-0.2, 0) is 14.8 Å². The second-order valence-corrected chi connectivity index (χ2v) is 7.84. The Balaban J connectivity index is 1.93. The molecule has 0 aliphatic carbocycles. The van der Waals surface area contributed by atoms with Gasteiger partial charge in [0.25, 0.3) is 10.0 Å². The molecule has 0 aromatic heterocycles. The summed E-state index contributed by atoms with van der Waals surface area (Å²) in [7, 11) is -4.17. The van der Waals surface area contributed by atoms with Gasteiger partial charge >= 0.3 is 0 Å². The van der Waals surface area contributed by atoms with Gasteiger partial charge in [0.1, 0.15) is 24.0 Å². The predicted molar refractivity (Wildman–Crippen MR) is 102 cm³/mol. The zero-order valence-corrected chi connectivity index (χ0v) is 15.7. The largest absolute Gasteiger partial charge is 0.322 e. The van der Waals surface area contributed by atoms with Crippen molar-refractivity contribution in [3.05, 3.63) is 90.2 Å². The molecule has 150 valence electrons. The van der Waals surface area contributed by atoms with Crippen LogP contribution >= 0.6 is 0 Å². The molecule has 0 spiro atoms. The Morgan fingerprint density at radius 2 is 1.48 bits per heavy atom. The van der Waals surface area contributed by atoms with Gasteiger partial charge in [-0.1, -0.05) is 18.2 Å². The van der Waals surface area contributed by atoms with Gasteiger partial charge in [-0.15, -0.1) is 0 Å². The van der Waals surface area contributed by atoms with Crippen LogP contribution in [0.25, 0.3) is 0 Å². The fourth-order valence-electron chi connectivity index (χ4n) is 2.55. The number of hydrogen-bond donors (Lipinski definition) is 1. The Morgan fingerprint density at radius 3 is 2.10 bits per heavy atom. The van der Waals surface area contributed by atoms with Gasteiger partial charge in [-0.25, -0.2) is 21.6 Å². The number of carbonyl (C=O) groups is 1. The first-order chi connectivity index (χ1) is 13.8. The quantitative estimate of drug-likeness (QED) is 0.657. The molecule has 0 bridgehead atoms. The number of nitrogens with one attached hydrogen (secondary N) is 1. The molecule has 0 fully saturated rings. The normalized spacial score (nSPS) is 11.1. The highest BCUT2D eigenvalue weighted by molar-refractivity contribution is 7.92. The molecule has 3 aromatic rings. The third-order valence-electron chi connectivity index (χ3n) is 3.94. The van der Waals surface area contributed by atoms with E-state index in [1.54, 1.807) is 6.07 Å². The highest BCUT2D eigenvalue weighted by Gasteiger charge is 2.27. The molecular weight excluding hydrogens is 405 g/mol. The van der Waals surface area contributed by atoms with Crippen LogP contribution in [0.4, 0.5) is 24.5 Å². The van der Waals surface area contributed by atoms with Gasteiger partial charge in [0.2, 0.25) is 5.91 Å². The Bertz CT molecular complexity index is 1120. The second-order valence-electron chi connectivity index (χ2n) is 5.97. The summed E-state index contributed by atoms with van der Waals surface area (Å²) < 4.78 is 67.0. The molecule has 0 saturated heterocycles. The lowest BCUT2D eigenvalue weighted by molar-refractivity contribution is -0.114. The van der Waals surface area contributed by atoms with Crippen molar-refractivity contribution in [2.75, 3.05) is 16.2 Å². The minimum Gasteiger partial charge on any atom is -0.322 e. The molecule has 1 amide bonds. The minimum absolute atomic E-state index is 0.0463. The van der Waals surface area contributed by atoms with Crippen LogP contribution in [0.2, 0.25) is 0 Å². The number of rotatable bonds is 6. The molecule has 0 atom stereocenters. The molecule has 29 heavy (non-hydrogen) atoms. The topological polar surface area (TPSA) is 66.5 Å². The Morgan fingerprint density at radius 1 is 0.862 bits per heavy atom. The van der Waals surface area contributed by atoms with E-state index in [-0.39, 0.29) is 16.3 Å². The van der Waals surface area contributed by atoms with Crippen LogP contribution in [0.15, 0.2) is 77.7 Å². The molecule has 3 rings (SSSR count). The van der Waals surface area contributed by atoms with E-state index >= 15 is 0 Å². The third-order valence-corrected chi connectivity index (χ3v) is 5.73. The number of carbonyl (C=O) groups excluding carboxylic acids is 1. The van der Waals surface area contributed by atoms with Crippen molar-refractivity contribution < 1.29 is 26.4 Å². The van der Waals surface area contributed by atoms with Crippen molar-refractivity contribution in [3.63, 3.8) is 0 Å². The molecule has 3 aromatic carbocycles. The number of halogens is 3. The maximum Gasteiger partial charge on any atom is 0.264 e.